The van der Waals surface area contributed by atoms with Gasteiger partial charge >= 0.3 is 0 Å². The van der Waals surface area contributed by atoms with Gasteiger partial charge in [0, 0.05) is 24.1 Å². The lowest BCUT2D eigenvalue weighted by Crippen LogP contribution is -2.39. The number of nitrogens with one attached hydrogen (secondary N) is 2. The van der Waals surface area contributed by atoms with Crippen molar-refractivity contribution < 1.29 is 14.1 Å². The Morgan fingerprint density at radius 1 is 1.27 bits per heavy atom. The lowest BCUT2D eigenvalue weighted by molar-refractivity contribution is -0.126. The summed E-state index contributed by atoms with van der Waals surface area (Å²) < 4.78 is 5.14. The zero-order valence-electron chi connectivity index (χ0n) is 14.6. The van der Waals surface area contributed by atoms with E-state index in [-0.39, 0.29) is 23.5 Å². The van der Waals surface area contributed by atoms with Crippen LogP contribution in [-0.4, -0.2) is 23.5 Å². The van der Waals surface area contributed by atoms with Crippen LogP contribution in [0.3, 0.4) is 0 Å². The molecule has 138 valence electrons. The summed E-state index contributed by atoms with van der Waals surface area (Å²) in [5, 5.41) is 6.72. The Balaban J connectivity index is 1.51. The quantitative estimate of drug-likeness (QED) is 0.382. The number of benzene rings is 1. The van der Waals surface area contributed by atoms with E-state index in [1.807, 2.05) is 30.3 Å². The Kier molecular flexibility index (Phi) is 6.01. The van der Waals surface area contributed by atoms with Gasteiger partial charge in [0.05, 0.1) is 0 Å². The topological polar surface area (TPSA) is 110 Å². The molecule has 26 heavy (non-hydrogen) atoms. The van der Waals surface area contributed by atoms with E-state index in [1.165, 1.54) is 19.3 Å². The summed E-state index contributed by atoms with van der Waals surface area (Å²) in [6.07, 6.45) is 4.93. The zero-order valence-corrected chi connectivity index (χ0v) is 14.6. The molecular weight excluding hydrogens is 332 g/mol. The summed E-state index contributed by atoms with van der Waals surface area (Å²) in [6.45, 7) is 0.380. The van der Waals surface area contributed by atoms with Gasteiger partial charge in [-0.25, -0.2) is 5.84 Å². The number of rotatable bonds is 8. The number of hydrogen-bond acceptors (Lipinski definition) is 5. The molecule has 2 aromatic rings. The first-order chi connectivity index (χ1) is 12.7. The zero-order chi connectivity index (χ0) is 18.4. The first-order valence-corrected chi connectivity index (χ1v) is 8.98. The van der Waals surface area contributed by atoms with Gasteiger partial charge in [-0.05, 0) is 18.8 Å². The molecule has 0 radical (unpaired) electrons. The number of amides is 2. The van der Waals surface area contributed by atoms with Crippen LogP contribution >= 0.6 is 0 Å². The van der Waals surface area contributed by atoms with Gasteiger partial charge in [0.15, 0.2) is 0 Å². The van der Waals surface area contributed by atoms with Crippen LogP contribution in [0.1, 0.15) is 42.7 Å². The smallest absolute Gasteiger partial charge is 0.289 e. The van der Waals surface area contributed by atoms with Crippen molar-refractivity contribution in [1.29, 1.82) is 0 Å². The number of nitrogens with two attached hydrogens (primary N) is 1. The van der Waals surface area contributed by atoms with Crippen molar-refractivity contribution in [2.75, 3.05) is 6.54 Å². The van der Waals surface area contributed by atoms with Crippen LogP contribution < -0.4 is 16.6 Å². The maximum Gasteiger partial charge on any atom is 0.289 e. The number of hydrogen-bond donors (Lipinski definition) is 3. The van der Waals surface area contributed by atoms with Gasteiger partial charge in [0.1, 0.15) is 5.69 Å². The maximum absolute atomic E-state index is 12.2. The van der Waals surface area contributed by atoms with Gasteiger partial charge in [0.25, 0.3) is 5.91 Å². The number of nitrogens with zero attached hydrogens (tertiary/aromatic N) is 1. The standard InChI is InChI=1S/C19H24N4O3/c20-22-18(24)15(11-13-5-4-6-13)9-10-21-19(25)17-12-16(23-26-17)14-7-2-1-3-8-14/h1-3,7-8,12-13,15H,4-6,9-11,20H2,(H,21,25)(H,22,24). The van der Waals surface area contributed by atoms with Crippen LogP contribution in [0.2, 0.25) is 0 Å². The van der Waals surface area contributed by atoms with Crippen LogP contribution in [0.5, 0.6) is 0 Å². The molecule has 1 unspecified atom stereocenters. The molecule has 1 heterocycles. The Bertz CT molecular complexity index is 740. The predicted molar refractivity (Wildman–Crippen MR) is 96.7 cm³/mol. The summed E-state index contributed by atoms with van der Waals surface area (Å²) in [7, 11) is 0. The van der Waals surface area contributed by atoms with E-state index in [9.17, 15) is 9.59 Å². The van der Waals surface area contributed by atoms with Gasteiger partial charge in [0.2, 0.25) is 11.7 Å². The normalized spacial score (nSPS) is 15.1. The summed E-state index contributed by atoms with van der Waals surface area (Å²) in [4.78, 5) is 24.1. The third kappa shape index (κ3) is 4.49. The third-order valence-corrected chi connectivity index (χ3v) is 4.94. The average molecular weight is 356 g/mol. The molecule has 0 saturated heterocycles. The van der Waals surface area contributed by atoms with Gasteiger partial charge in [-0.2, -0.15) is 0 Å². The van der Waals surface area contributed by atoms with Gasteiger partial charge in [-0.1, -0.05) is 54.8 Å². The van der Waals surface area contributed by atoms with E-state index < -0.39 is 0 Å². The number of carbonyl (C=O) groups excluding carboxylic acids is 2. The van der Waals surface area contributed by atoms with Crippen molar-refractivity contribution >= 4 is 11.8 Å². The molecule has 1 atom stereocenters. The van der Waals surface area contributed by atoms with Gasteiger partial charge in [-0.15, -0.1) is 0 Å². The highest BCUT2D eigenvalue weighted by atomic mass is 16.5. The van der Waals surface area contributed by atoms with Crippen molar-refractivity contribution in [2.24, 2.45) is 17.7 Å². The van der Waals surface area contributed by atoms with Crippen LogP contribution in [0.25, 0.3) is 11.3 Å². The molecule has 1 aromatic heterocycles. The molecule has 4 N–H and O–H groups in total. The summed E-state index contributed by atoms with van der Waals surface area (Å²) in [6, 6.07) is 11.1. The molecule has 1 fully saturated rings. The lowest BCUT2D eigenvalue weighted by atomic mass is 9.78. The molecule has 3 rings (SSSR count). The molecule has 1 aliphatic rings. The number of hydrazine groups is 1. The van der Waals surface area contributed by atoms with Gasteiger partial charge in [-0.3, -0.25) is 15.0 Å². The van der Waals surface area contributed by atoms with E-state index in [2.05, 4.69) is 15.9 Å². The summed E-state index contributed by atoms with van der Waals surface area (Å²) in [5.74, 6) is 5.34. The second-order valence-electron chi connectivity index (χ2n) is 6.73. The van der Waals surface area contributed by atoms with Crippen molar-refractivity contribution in [1.82, 2.24) is 15.9 Å². The van der Waals surface area contributed by atoms with Crippen molar-refractivity contribution in [2.45, 2.75) is 32.1 Å². The molecule has 2 amide bonds. The van der Waals surface area contributed by atoms with E-state index >= 15 is 0 Å². The SMILES string of the molecule is NNC(=O)C(CCNC(=O)c1cc(-c2ccccc2)no1)CC1CCC1. The molecular formula is C19H24N4O3. The lowest BCUT2D eigenvalue weighted by Gasteiger charge is -2.28. The minimum atomic E-state index is -0.338. The molecule has 1 aromatic carbocycles. The van der Waals surface area contributed by atoms with E-state index in [0.29, 0.717) is 24.6 Å². The average Bonchev–Trinajstić information content (AvgIpc) is 3.13. The van der Waals surface area contributed by atoms with Crippen molar-refractivity contribution in [3.05, 3.63) is 42.2 Å². The van der Waals surface area contributed by atoms with Crippen LogP contribution in [-0.2, 0) is 4.79 Å². The van der Waals surface area contributed by atoms with Crippen molar-refractivity contribution in [3.8, 4) is 11.3 Å². The van der Waals surface area contributed by atoms with Crippen LogP contribution in [0.15, 0.2) is 40.9 Å². The Morgan fingerprint density at radius 3 is 2.69 bits per heavy atom. The summed E-state index contributed by atoms with van der Waals surface area (Å²) in [5.41, 5.74) is 3.73. The minimum Gasteiger partial charge on any atom is -0.350 e. The predicted octanol–water partition coefficient (Wildman–Crippen LogP) is 2.26. The molecule has 0 spiro atoms. The number of carbonyl (C=O) groups is 2. The molecule has 7 nitrogen and oxygen atoms in total. The van der Waals surface area contributed by atoms with E-state index in [0.717, 1.165) is 12.0 Å². The highest BCUT2D eigenvalue weighted by molar-refractivity contribution is 5.92. The first-order valence-electron chi connectivity index (χ1n) is 8.98. The second-order valence-corrected chi connectivity index (χ2v) is 6.73. The van der Waals surface area contributed by atoms with Crippen LogP contribution in [0, 0.1) is 11.8 Å². The van der Waals surface area contributed by atoms with Gasteiger partial charge < -0.3 is 9.84 Å². The van der Waals surface area contributed by atoms with Crippen LogP contribution in [0.4, 0.5) is 0 Å². The second kappa shape index (κ2) is 8.62. The largest absolute Gasteiger partial charge is 0.350 e. The highest BCUT2D eigenvalue weighted by Gasteiger charge is 2.26. The van der Waals surface area contributed by atoms with E-state index in [1.54, 1.807) is 6.07 Å². The highest BCUT2D eigenvalue weighted by Crippen LogP contribution is 2.33. The molecule has 0 bridgehead atoms. The molecule has 1 aliphatic carbocycles. The molecule has 1 saturated carbocycles. The Labute approximate surface area is 152 Å². The van der Waals surface area contributed by atoms with E-state index in [4.69, 9.17) is 10.4 Å². The minimum absolute atomic E-state index is 0.155. The fraction of sp³-hybridized carbons (Fsp3) is 0.421. The molecule has 7 heteroatoms. The molecule has 0 aliphatic heterocycles. The summed E-state index contributed by atoms with van der Waals surface area (Å²) >= 11 is 0. The first kappa shape index (κ1) is 18.1. The number of aromatic nitrogens is 1. The Morgan fingerprint density at radius 2 is 2.04 bits per heavy atom. The fourth-order valence-corrected chi connectivity index (χ4v) is 3.18. The fourth-order valence-electron chi connectivity index (χ4n) is 3.18. The Hall–Kier alpha value is -2.67. The monoisotopic (exact) mass is 356 g/mol. The maximum atomic E-state index is 12.2. The van der Waals surface area contributed by atoms with Crippen molar-refractivity contribution in [3.63, 3.8) is 0 Å². The third-order valence-electron chi connectivity index (χ3n) is 4.94.